The molecule has 0 aromatic heterocycles. The van der Waals surface area contributed by atoms with Crippen molar-refractivity contribution in [3.05, 3.63) is 34.9 Å². The van der Waals surface area contributed by atoms with Gasteiger partial charge in [-0.3, -0.25) is 0 Å². The molecule has 2 nitrogen and oxygen atoms in total. The lowest BCUT2D eigenvalue weighted by atomic mass is 10.0. The van der Waals surface area contributed by atoms with Gasteiger partial charge in [-0.05, 0) is 57.7 Å². The van der Waals surface area contributed by atoms with E-state index in [1.54, 1.807) is 0 Å². The molecule has 1 rings (SSSR count). The fourth-order valence-electron chi connectivity index (χ4n) is 2.04. The van der Waals surface area contributed by atoms with Crippen LogP contribution in [0.1, 0.15) is 31.4 Å². The second kappa shape index (κ2) is 7.70. The molecule has 1 aromatic carbocycles. The Hall–Kier alpha value is -0.570. The molecule has 0 saturated carbocycles. The average Bonchev–Trinajstić information content (AvgIpc) is 2.30. The molecule has 0 bridgehead atoms. The van der Waals surface area contributed by atoms with Gasteiger partial charge in [-0.2, -0.15) is 0 Å². The standard InChI is InChI=1S/C14H23ClN2/c1-4-9-17(3)10-8-14(16-2)12-6-5-7-13(15)11-12/h5-7,11,14,16H,4,8-10H2,1-3H3. The number of halogens is 1. The normalized spacial score (nSPS) is 13.0. The van der Waals surface area contributed by atoms with E-state index in [9.17, 15) is 0 Å². The zero-order valence-corrected chi connectivity index (χ0v) is 11.8. The summed E-state index contributed by atoms with van der Waals surface area (Å²) in [6, 6.07) is 8.49. The second-order valence-corrected chi connectivity index (χ2v) is 4.92. The van der Waals surface area contributed by atoms with Gasteiger partial charge < -0.3 is 10.2 Å². The highest BCUT2D eigenvalue weighted by molar-refractivity contribution is 6.30. The van der Waals surface area contributed by atoms with Crippen molar-refractivity contribution in [1.82, 2.24) is 10.2 Å². The Morgan fingerprint density at radius 1 is 1.35 bits per heavy atom. The van der Waals surface area contributed by atoms with Crippen molar-refractivity contribution in [1.29, 1.82) is 0 Å². The van der Waals surface area contributed by atoms with Crippen molar-refractivity contribution in [2.24, 2.45) is 0 Å². The van der Waals surface area contributed by atoms with Crippen LogP contribution in [0, 0.1) is 0 Å². The smallest absolute Gasteiger partial charge is 0.0409 e. The Labute approximate surface area is 110 Å². The molecule has 0 aliphatic rings. The maximum Gasteiger partial charge on any atom is 0.0409 e. The first-order valence-electron chi connectivity index (χ1n) is 6.28. The maximum atomic E-state index is 6.02. The summed E-state index contributed by atoms with van der Waals surface area (Å²) in [4.78, 5) is 2.37. The molecule has 1 atom stereocenters. The van der Waals surface area contributed by atoms with Crippen LogP contribution in [0.5, 0.6) is 0 Å². The van der Waals surface area contributed by atoms with Crippen LogP contribution in [0.15, 0.2) is 24.3 Å². The monoisotopic (exact) mass is 254 g/mol. The van der Waals surface area contributed by atoms with Crippen LogP contribution >= 0.6 is 11.6 Å². The average molecular weight is 255 g/mol. The largest absolute Gasteiger partial charge is 0.313 e. The van der Waals surface area contributed by atoms with Crippen LogP contribution in [0.2, 0.25) is 5.02 Å². The Bertz CT molecular complexity index is 328. The van der Waals surface area contributed by atoms with E-state index in [0.29, 0.717) is 6.04 Å². The van der Waals surface area contributed by atoms with Crippen LogP contribution in [-0.2, 0) is 0 Å². The molecular formula is C14H23ClN2. The van der Waals surface area contributed by atoms with E-state index in [-0.39, 0.29) is 0 Å². The SMILES string of the molecule is CCCN(C)CCC(NC)c1cccc(Cl)c1. The van der Waals surface area contributed by atoms with Crippen LogP contribution in [0.3, 0.4) is 0 Å². The molecule has 0 fully saturated rings. The molecule has 1 aromatic rings. The summed E-state index contributed by atoms with van der Waals surface area (Å²) in [6.45, 7) is 4.47. The van der Waals surface area contributed by atoms with Gasteiger partial charge in [0.1, 0.15) is 0 Å². The van der Waals surface area contributed by atoms with E-state index in [1.807, 2.05) is 25.2 Å². The highest BCUT2D eigenvalue weighted by Crippen LogP contribution is 2.20. The van der Waals surface area contributed by atoms with Gasteiger partial charge in [0, 0.05) is 11.1 Å². The number of hydrogen-bond acceptors (Lipinski definition) is 2. The second-order valence-electron chi connectivity index (χ2n) is 4.49. The number of nitrogens with zero attached hydrogens (tertiary/aromatic N) is 1. The van der Waals surface area contributed by atoms with Crippen molar-refractivity contribution < 1.29 is 0 Å². The first kappa shape index (κ1) is 14.5. The molecule has 3 heteroatoms. The molecule has 1 unspecified atom stereocenters. The highest BCUT2D eigenvalue weighted by atomic mass is 35.5. The van der Waals surface area contributed by atoms with E-state index >= 15 is 0 Å². The molecule has 0 aliphatic carbocycles. The van der Waals surface area contributed by atoms with Crippen molar-refractivity contribution in [2.45, 2.75) is 25.8 Å². The minimum absolute atomic E-state index is 0.382. The first-order chi connectivity index (χ1) is 8.17. The molecule has 1 N–H and O–H groups in total. The third-order valence-electron chi connectivity index (χ3n) is 3.00. The number of nitrogens with one attached hydrogen (secondary N) is 1. The number of rotatable bonds is 7. The summed E-state index contributed by atoms with van der Waals surface area (Å²) >= 11 is 6.02. The van der Waals surface area contributed by atoms with E-state index in [1.165, 1.54) is 12.0 Å². The lowest BCUT2D eigenvalue weighted by Crippen LogP contribution is -2.26. The van der Waals surface area contributed by atoms with Gasteiger partial charge in [0.2, 0.25) is 0 Å². The van der Waals surface area contributed by atoms with Crippen LogP contribution in [0.4, 0.5) is 0 Å². The molecule has 0 heterocycles. The molecular weight excluding hydrogens is 232 g/mol. The van der Waals surface area contributed by atoms with E-state index in [2.05, 4.69) is 30.3 Å². The number of hydrogen-bond donors (Lipinski definition) is 1. The molecule has 0 radical (unpaired) electrons. The van der Waals surface area contributed by atoms with Crippen LogP contribution in [0.25, 0.3) is 0 Å². The van der Waals surface area contributed by atoms with Gasteiger partial charge in [-0.15, -0.1) is 0 Å². The fraction of sp³-hybridized carbons (Fsp3) is 0.571. The topological polar surface area (TPSA) is 15.3 Å². The summed E-state index contributed by atoms with van der Waals surface area (Å²) < 4.78 is 0. The quantitative estimate of drug-likeness (QED) is 0.803. The molecule has 0 aliphatic heterocycles. The van der Waals surface area contributed by atoms with Gasteiger partial charge >= 0.3 is 0 Å². The van der Waals surface area contributed by atoms with Gasteiger partial charge in [0.15, 0.2) is 0 Å². The lowest BCUT2D eigenvalue weighted by molar-refractivity contribution is 0.311. The van der Waals surface area contributed by atoms with Crippen molar-refractivity contribution >= 4 is 11.6 Å². The minimum atomic E-state index is 0.382. The molecule has 0 spiro atoms. The lowest BCUT2D eigenvalue weighted by Gasteiger charge is -2.21. The summed E-state index contributed by atoms with van der Waals surface area (Å²) in [5.74, 6) is 0. The fourth-order valence-corrected chi connectivity index (χ4v) is 2.24. The Morgan fingerprint density at radius 2 is 2.12 bits per heavy atom. The van der Waals surface area contributed by atoms with Crippen molar-refractivity contribution in [3.8, 4) is 0 Å². The zero-order valence-electron chi connectivity index (χ0n) is 11.0. The van der Waals surface area contributed by atoms with Crippen molar-refractivity contribution in [3.63, 3.8) is 0 Å². The molecule has 96 valence electrons. The Kier molecular flexibility index (Phi) is 6.56. The highest BCUT2D eigenvalue weighted by Gasteiger charge is 2.10. The predicted octanol–water partition coefficient (Wildman–Crippen LogP) is 3.33. The Morgan fingerprint density at radius 3 is 2.71 bits per heavy atom. The van der Waals surface area contributed by atoms with Gasteiger partial charge in [-0.25, -0.2) is 0 Å². The summed E-state index contributed by atoms with van der Waals surface area (Å²) in [5.41, 5.74) is 1.27. The predicted molar refractivity (Wildman–Crippen MR) is 75.7 cm³/mol. The van der Waals surface area contributed by atoms with Crippen LogP contribution < -0.4 is 5.32 Å². The summed E-state index contributed by atoms with van der Waals surface area (Å²) in [5, 5.41) is 4.17. The maximum absolute atomic E-state index is 6.02. The van der Waals surface area contributed by atoms with Gasteiger partial charge in [-0.1, -0.05) is 30.7 Å². The molecule has 0 saturated heterocycles. The third-order valence-corrected chi connectivity index (χ3v) is 3.24. The van der Waals surface area contributed by atoms with E-state index < -0.39 is 0 Å². The van der Waals surface area contributed by atoms with E-state index in [4.69, 9.17) is 11.6 Å². The Balaban J connectivity index is 2.54. The molecule has 0 amide bonds. The number of benzene rings is 1. The zero-order chi connectivity index (χ0) is 12.7. The van der Waals surface area contributed by atoms with Crippen molar-refractivity contribution in [2.75, 3.05) is 27.2 Å². The minimum Gasteiger partial charge on any atom is -0.313 e. The van der Waals surface area contributed by atoms with Crippen LogP contribution in [-0.4, -0.2) is 32.1 Å². The van der Waals surface area contributed by atoms with Gasteiger partial charge in [0.25, 0.3) is 0 Å². The third kappa shape index (κ3) is 5.07. The summed E-state index contributed by atoms with van der Waals surface area (Å²) in [6.07, 6.45) is 2.31. The van der Waals surface area contributed by atoms with E-state index in [0.717, 1.165) is 24.5 Å². The molecule has 17 heavy (non-hydrogen) atoms. The first-order valence-corrected chi connectivity index (χ1v) is 6.66. The van der Waals surface area contributed by atoms with Gasteiger partial charge in [0.05, 0.1) is 0 Å². The summed E-state index contributed by atoms with van der Waals surface area (Å²) in [7, 11) is 4.18.